The Bertz CT molecular complexity index is 616. The quantitative estimate of drug-likeness (QED) is 0.730. The number of benzene rings is 1. The minimum absolute atomic E-state index is 0.269. The van der Waals surface area contributed by atoms with E-state index in [1.807, 2.05) is 38.2 Å². The predicted molar refractivity (Wildman–Crippen MR) is 79.6 cm³/mol. The minimum Gasteiger partial charge on any atom is -0.481 e. The van der Waals surface area contributed by atoms with Crippen LogP contribution in [-0.2, 0) is 19.5 Å². The number of hydrogen-bond donors (Lipinski definition) is 0. The first-order valence-corrected chi connectivity index (χ1v) is 6.87. The zero-order valence-corrected chi connectivity index (χ0v) is 12.4. The summed E-state index contributed by atoms with van der Waals surface area (Å²) in [7, 11) is 2.00. The molecule has 2 rings (SSSR count). The molecule has 1 aromatic carbocycles. The second kappa shape index (κ2) is 7.46. The van der Waals surface area contributed by atoms with Crippen LogP contribution >= 0.6 is 0 Å². The molecule has 2 aromatic rings. The van der Waals surface area contributed by atoms with Crippen molar-refractivity contribution in [3.63, 3.8) is 0 Å². The molecule has 5 heteroatoms. The van der Waals surface area contributed by atoms with Crippen LogP contribution in [0.25, 0.3) is 0 Å². The van der Waals surface area contributed by atoms with Crippen LogP contribution in [0.3, 0.4) is 0 Å². The third kappa shape index (κ3) is 4.33. The highest BCUT2D eigenvalue weighted by Gasteiger charge is 2.10. The minimum atomic E-state index is 0.269. The molecular weight excluding hydrogens is 266 g/mol. The second-order valence-electron chi connectivity index (χ2n) is 4.73. The van der Waals surface area contributed by atoms with Crippen molar-refractivity contribution in [1.82, 2.24) is 15.0 Å². The number of aryl methyl sites for hydroxylation is 1. The summed E-state index contributed by atoms with van der Waals surface area (Å²) in [6, 6.07) is 7.86. The topological polar surface area (TPSA) is 51.4 Å². The molecule has 0 bridgehead atoms. The van der Waals surface area contributed by atoms with E-state index in [-0.39, 0.29) is 6.61 Å². The number of terminal acetylenes is 1. The van der Waals surface area contributed by atoms with Gasteiger partial charge in [0.25, 0.3) is 0 Å². The molecule has 0 unspecified atom stereocenters. The van der Waals surface area contributed by atoms with Gasteiger partial charge in [0, 0.05) is 18.5 Å². The van der Waals surface area contributed by atoms with Gasteiger partial charge in [0.2, 0.25) is 5.89 Å². The van der Waals surface area contributed by atoms with Crippen LogP contribution in [0.4, 0.5) is 0 Å². The van der Waals surface area contributed by atoms with E-state index in [9.17, 15) is 0 Å². The van der Waals surface area contributed by atoms with Crippen LogP contribution in [0.1, 0.15) is 24.2 Å². The maximum absolute atomic E-state index is 5.55. The molecule has 0 saturated heterocycles. The standard InChI is InChI=1S/C16H19N3O2/c1-4-10-20-14-9-7-6-8-13(14)11-19(3)12-15-17-16(5-2)21-18-15/h1,6-9H,5,10-12H2,2-3H3. The molecule has 5 nitrogen and oxygen atoms in total. The highest BCUT2D eigenvalue weighted by Crippen LogP contribution is 2.19. The summed E-state index contributed by atoms with van der Waals surface area (Å²) in [6.07, 6.45) is 5.98. The lowest BCUT2D eigenvalue weighted by Crippen LogP contribution is -2.18. The van der Waals surface area contributed by atoms with Crippen molar-refractivity contribution < 1.29 is 9.26 Å². The molecule has 0 N–H and O–H groups in total. The van der Waals surface area contributed by atoms with Gasteiger partial charge in [-0.1, -0.05) is 36.2 Å². The van der Waals surface area contributed by atoms with E-state index in [4.69, 9.17) is 15.7 Å². The average Bonchev–Trinajstić information content (AvgIpc) is 2.94. The van der Waals surface area contributed by atoms with Gasteiger partial charge in [-0.15, -0.1) is 6.42 Å². The third-order valence-corrected chi connectivity index (χ3v) is 2.95. The van der Waals surface area contributed by atoms with Crippen LogP contribution in [0.15, 0.2) is 28.8 Å². The molecule has 0 aliphatic carbocycles. The summed E-state index contributed by atoms with van der Waals surface area (Å²) >= 11 is 0. The van der Waals surface area contributed by atoms with Gasteiger partial charge >= 0.3 is 0 Å². The van der Waals surface area contributed by atoms with Crippen LogP contribution < -0.4 is 4.74 Å². The maximum atomic E-state index is 5.55. The zero-order valence-electron chi connectivity index (χ0n) is 12.4. The summed E-state index contributed by atoms with van der Waals surface area (Å²) in [5.74, 6) is 4.64. The van der Waals surface area contributed by atoms with Crippen LogP contribution in [0.5, 0.6) is 5.75 Å². The molecule has 0 fully saturated rings. The summed E-state index contributed by atoms with van der Waals surface area (Å²) < 4.78 is 10.7. The van der Waals surface area contributed by atoms with Crippen molar-refractivity contribution in [2.75, 3.05) is 13.7 Å². The average molecular weight is 285 g/mol. The number of hydrogen-bond acceptors (Lipinski definition) is 5. The number of aromatic nitrogens is 2. The van der Waals surface area contributed by atoms with Crippen LogP contribution in [0, 0.1) is 12.3 Å². The smallest absolute Gasteiger partial charge is 0.226 e. The summed E-state index contributed by atoms with van der Waals surface area (Å²) in [5, 5.41) is 3.96. The normalized spacial score (nSPS) is 10.6. The second-order valence-corrected chi connectivity index (χ2v) is 4.73. The fraction of sp³-hybridized carbons (Fsp3) is 0.375. The van der Waals surface area contributed by atoms with Crippen molar-refractivity contribution in [2.24, 2.45) is 0 Å². The molecule has 1 heterocycles. The zero-order chi connectivity index (χ0) is 15.1. The summed E-state index contributed by atoms with van der Waals surface area (Å²) in [6.45, 7) is 3.59. The fourth-order valence-electron chi connectivity index (χ4n) is 1.98. The molecule has 1 aromatic heterocycles. The Kier molecular flexibility index (Phi) is 5.35. The van der Waals surface area contributed by atoms with Crippen molar-refractivity contribution in [3.8, 4) is 18.1 Å². The molecule has 0 atom stereocenters. The van der Waals surface area contributed by atoms with Gasteiger partial charge in [-0.2, -0.15) is 4.98 Å². The molecule has 0 aliphatic heterocycles. The van der Waals surface area contributed by atoms with E-state index in [0.29, 0.717) is 18.3 Å². The lowest BCUT2D eigenvalue weighted by Gasteiger charge is -2.17. The Morgan fingerprint density at radius 2 is 2.14 bits per heavy atom. The van der Waals surface area contributed by atoms with E-state index >= 15 is 0 Å². The number of nitrogens with zero attached hydrogens (tertiary/aromatic N) is 3. The van der Waals surface area contributed by atoms with Crippen molar-refractivity contribution in [3.05, 3.63) is 41.5 Å². The van der Waals surface area contributed by atoms with Crippen molar-refractivity contribution >= 4 is 0 Å². The number of ether oxygens (including phenoxy) is 1. The highest BCUT2D eigenvalue weighted by molar-refractivity contribution is 5.33. The Balaban J connectivity index is 1.99. The lowest BCUT2D eigenvalue weighted by molar-refractivity contribution is 0.290. The molecule has 110 valence electrons. The van der Waals surface area contributed by atoms with Gasteiger partial charge < -0.3 is 9.26 Å². The summed E-state index contributed by atoms with van der Waals surface area (Å²) in [5.41, 5.74) is 1.08. The van der Waals surface area contributed by atoms with E-state index in [0.717, 1.165) is 24.3 Å². The van der Waals surface area contributed by atoms with Crippen LogP contribution in [0.2, 0.25) is 0 Å². The lowest BCUT2D eigenvalue weighted by atomic mass is 10.2. The van der Waals surface area contributed by atoms with Gasteiger partial charge in [0.1, 0.15) is 12.4 Å². The largest absolute Gasteiger partial charge is 0.481 e. The molecule has 0 saturated carbocycles. The van der Waals surface area contributed by atoms with Crippen LogP contribution in [-0.4, -0.2) is 28.7 Å². The van der Waals surface area contributed by atoms with Gasteiger partial charge in [0.05, 0.1) is 6.54 Å². The fourth-order valence-corrected chi connectivity index (χ4v) is 1.98. The van der Waals surface area contributed by atoms with Gasteiger partial charge in [0.15, 0.2) is 5.82 Å². The predicted octanol–water partition coefficient (Wildman–Crippen LogP) is 2.28. The molecule has 0 aliphatic rings. The monoisotopic (exact) mass is 285 g/mol. The van der Waals surface area contributed by atoms with E-state index in [2.05, 4.69) is 21.0 Å². The molecule has 0 amide bonds. The molecular formula is C16H19N3O2. The molecule has 0 spiro atoms. The van der Waals surface area contributed by atoms with E-state index in [1.54, 1.807) is 0 Å². The first-order valence-electron chi connectivity index (χ1n) is 6.87. The van der Waals surface area contributed by atoms with Gasteiger partial charge in [-0.05, 0) is 13.1 Å². The van der Waals surface area contributed by atoms with Gasteiger partial charge in [-0.25, -0.2) is 0 Å². The first-order chi connectivity index (χ1) is 10.2. The van der Waals surface area contributed by atoms with E-state index < -0.39 is 0 Å². The number of para-hydroxylation sites is 1. The maximum Gasteiger partial charge on any atom is 0.226 e. The first kappa shape index (κ1) is 15.1. The Morgan fingerprint density at radius 3 is 2.86 bits per heavy atom. The Labute approximate surface area is 124 Å². The Hall–Kier alpha value is -2.32. The summed E-state index contributed by atoms with van der Waals surface area (Å²) in [4.78, 5) is 6.40. The number of rotatable bonds is 7. The van der Waals surface area contributed by atoms with E-state index in [1.165, 1.54) is 0 Å². The molecule has 0 radical (unpaired) electrons. The molecule has 21 heavy (non-hydrogen) atoms. The van der Waals surface area contributed by atoms with Crippen molar-refractivity contribution in [2.45, 2.75) is 26.4 Å². The van der Waals surface area contributed by atoms with Crippen molar-refractivity contribution in [1.29, 1.82) is 0 Å². The highest BCUT2D eigenvalue weighted by atomic mass is 16.5. The SMILES string of the molecule is C#CCOc1ccccc1CN(C)Cc1noc(CC)n1. The Morgan fingerprint density at radius 1 is 1.33 bits per heavy atom. The third-order valence-electron chi connectivity index (χ3n) is 2.95. The van der Waals surface area contributed by atoms with Gasteiger partial charge in [-0.3, -0.25) is 4.90 Å².